The molecule has 5 heteroatoms. The SMILES string of the molecule is CCc1nc(-c2ccc(OC(C)C)cc2Cl)c(CC)nc1NC(CC)CC. The molecule has 0 amide bonds. The quantitative estimate of drug-likeness (QED) is 0.545. The smallest absolute Gasteiger partial charge is 0.148 e. The van der Waals surface area contributed by atoms with Gasteiger partial charge in [0.15, 0.2) is 0 Å². The van der Waals surface area contributed by atoms with Gasteiger partial charge < -0.3 is 10.1 Å². The number of nitrogens with zero attached hydrogens (tertiary/aromatic N) is 2. The van der Waals surface area contributed by atoms with Gasteiger partial charge in [0.2, 0.25) is 0 Å². The van der Waals surface area contributed by atoms with E-state index in [4.69, 9.17) is 26.3 Å². The van der Waals surface area contributed by atoms with E-state index in [-0.39, 0.29) is 6.10 Å². The van der Waals surface area contributed by atoms with Crippen LogP contribution < -0.4 is 10.1 Å². The number of nitrogens with one attached hydrogen (secondary N) is 1. The Kier molecular flexibility index (Phi) is 7.91. The molecule has 0 aliphatic carbocycles. The van der Waals surface area contributed by atoms with Crippen LogP contribution >= 0.6 is 11.6 Å². The van der Waals surface area contributed by atoms with Crippen molar-refractivity contribution in [1.82, 2.24) is 9.97 Å². The van der Waals surface area contributed by atoms with Crippen molar-refractivity contribution >= 4 is 17.4 Å². The third kappa shape index (κ3) is 5.35. The first kappa shape index (κ1) is 21.5. The number of ether oxygens (including phenoxy) is 1. The second-order valence-corrected chi connectivity index (χ2v) is 7.39. The van der Waals surface area contributed by atoms with Gasteiger partial charge >= 0.3 is 0 Å². The van der Waals surface area contributed by atoms with E-state index in [1.54, 1.807) is 0 Å². The van der Waals surface area contributed by atoms with Gasteiger partial charge in [-0.15, -0.1) is 0 Å². The van der Waals surface area contributed by atoms with E-state index in [0.717, 1.165) is 59.9 Å². The molecule has 27 heavy (non-hydrogen) atoms. The summed E-state index contributed by atoms with van der Waals surface area (Å²) in [7, 11) is 0. The van der Waals surface area contributed by atoms with Crippen LogP contribution in [0.2, 0.25) is 5.02 Å². The van der Waals surface area contributed by atoms with Gasteiger partial charge in [0, 0.05) is 11.6 Å². The van der Waals surface area contributed by atoms with Gasteiger partial charge in [-0.05, 0) is 57.7 Å². The lowest BCUT2D eigenvalue weighted by atomic mass is 10.1. The molecule has 2 aromatic rings. The highest BCUT2D eigenvalue weighted by Gasteiger charge is 2.17. The summed E-state index contributed by atoms with van der Waals surface area (Å²) in [4.78, 5) is 9.88. The summed E-state index contributed by atoms with van der Waals surface area (Å²) in [5.74, 6) is 1.68. The van der Waals surface area contributed by atoms with Crippen molar-refractivity contribution in [2.24, 2.45) is 0 Å². The molecular formula is C22H32ClN3O. The van der Waals surface area contributed by atoms with Crippen molar-refractivity contribution in [2.45, 2.75) is 79.4 Å². The van der Waals surface area contributed by atoms with Crippen molar-refractivity contribution in [3.05, 3.63) is 34.6 Å². The van der Waals surface area contributed by atoms with Crippen LogP contribution in [0.3, 0.4) is 0 Å². The summed E-state index contributed by atoms with van der Waals surface area (Å²) in [6.45, 7) is 12.6. The summed E-state index contributed by atoms with van der Waals surface area (Å²) in [5.41, 5.74) is 3.71. The number of aryl methyl sites for hydroxylation is 2. The van der Waals surface area contributed by atoms with Crippen molar-refractivity contribution in [3.8, 4) is 17.0 Å². The third-order valence-electron chi connectivity index (χ3n) is 4.60. The first-order chi connectivity index (χ1) is 12.9. The lowest BCUT2D eigenvalue weighted by Crippen LogP contribution is -2.20. The molecule has 1 N–H and O–H groups in total. The average Bonchev–Trinajstić information content (AvgIpc) is 2.65. The fourth-order valence-corrected chi connectivity index (χ4v) is 3.31. The molecule has 0 spiro atoms. The molecule has 4 nitrogen and oxygen atoms in total. The lowest BCUT2D eigenvalue weighted by Gasteiger charge is -2.20. The number of hydrogen-bond acceptors (Lipinski definition) is 4. The largest absolute Gasteiger partial charge is 0.491 e. The molecule has 0 radical (unpaired) electrons. The van der Waals surface area contributed by atoms with Gasteiger partial charge in [-0.3, -0.25) is 0 Å². The monoisotopic (exact) mass is 389 g/mol. The highest BCUT2D eigenvalue weighted by molar-refractivity contribution is 6.33. The summed E-state index contributed by atoms with van der Waals surface area (Å²) < 4.78 is 5.74. The topological polar surface area (TPSA) is 47.0 Å². The zero-order chi connectivity index (χ0) is 20.0. The van der Waals surface area contributed by atoms with E-state index < -0.39 is 0 Å². The van der Waals surface area contributed by atoms with E-state index in [9.17, 15) is 0 Å². The molecular weight excluding hydrogens is 358 g/mol. The Morgan fingerprint density at radius 3 is 2.19 bits per heavy atom. The minimum Gasteiger partial charge on any atom is -0.491 e. The molecule has 0 fully saturated rings. The fraction of sp³-hybridized carbons (Fsp3) is 0.545. The standard InChI is InChI=1S/C22H32ClN3O/c1-7-15(8-2)24-22-20(10-4)25-21(19(9-3)26-22)17-12-11-16(13-18(17)23)27-14(5)6/h11-15H,7-10H2,1-6H3,(H,24,26). The van der Waals surface area contributed by atoms with Gasteiger partial charge in [0.25, 0.3) is 0 Å². The Balaban J connectivity index is 2.47. The van der Waals surface area contributed by atoms with E-state index in [2.05, 4.69) is 33.0 Å². The first-order valence-corrected chi connectivity index (χ1v) is 10.4. The maximum absolute atomic E-state index is 6.58. The van der Waals surface area contributed by atoms with Crippen LogP contribution in [0.5, 0.6) is 5.75 Å². The molecule has 0 bridgehead atoms. The Bertz CT molecular complexity index is 757. The number of benzene rings is 1. The van der Waals surface area contributed by atoms with Crippen LogP contribution in [0.1, 0.15) is 65.8 Å². The van der Waals surface area contributed by atoms with Gasteiger partial charge in [-0.25, -0.2) is 9.97 Å². The molecule has 0 aliphatic rings. The summed E-state index contributed by atoms with van der Waals surface area (Å²) >= 11 is 6.58. The number of rotatable bonds is 9. The Labute approximate surface area is 168 Å². The van der Waals surface area contributed by atoms with E-state index in [1.165, 1.54) is 0 Å². The van der Waals surface area contributed by atoms with Crippen molar-refractivity contribution in [3.63, 3.8) is 0 Å². The van der Waals surface area contributed by atoms with E-state index in [1.807, 2.05) is 32.0 Å². The highest BCUT2D eigenvalue weighted by Crippen LogP contribution is 2.33. The van der Waals surface area contributed by atoms with Crippen LogP contribution in [-0.2, 0) is 12.8 Å². The molecule has 0 unspecified atom stereocenters. The van der Waals surface area contributed by atoms with E-state index >= 15 is 0 Å². The Hall–Kier alpha value is -1.81. The minimum absolute atomic E-state index is 0.111. The van der Waals surface area contributed by atoms with Gasteiger partial charge in [-0.2, -0.15) is 0 Å². The first-order valence-electron chi connectivity index (χ1n) is 10.1. The van der Waals surface area contributed by atoms with Crippen molar-refractivity contribution in [1.29, 1.82) is 0 Å². The Morgan fingerprint density at radius 2 is 1.67 bits per heavy atom. The summed E-state index contributed by atoms with van der Waals surface area (Å²) in [5, 5.41) is 4.21. The number of halogens is 1. The van der Waals surface area contributed by atoms with Crippen LogP contribution in [0.25, 0.3) is 11.3 Å². The maximum Gasteiger partial charge on any atom is 0.148 e. The zero-order valence-electron chi connectivity index (χ0n) is 17.4. The van der Waals surface area contributed by atoms with Gasteiger partial charge in [0.05, 0.1) is 28.2 Å². The second kappa shape index (κ2) is 9.93. The van der Waals surface area contributed by atoms with Crippen molar-refractivity contribution in [2.75, 3.05) is 5.32 Å². The molecule has 1 aromatic carbocycles. The second-order valence-electron chi connectivity index (χ2n) is 6.99. The molecule has 0 atom stereocenters. The summed E-state index contributed by atoms with van der Waals surface area (Å²) in [6, 6.07) is 6.21. The number of hydrogen-bond donors (Lipinski definition) is 1. The molecule has 1 aromatic heterocycles. The Morgan fingerprint density at radius 1 is 1.00 bits per heavy atom. The number of aromatic nitrogens is 2. The van der Waals surface area contributed by atoms with Crippen LogP contribution in [0, 0.1) is 0 Å². The molecule has 148 valence electrons. The van der Waals surface area contributed by atoms with E-state index in [0.29, 0.717) is 11.1 Å². The van der Waals surface area contributed by atoms with Crippen LogP contribution in [0.4, 0.5) is 5.82 Å². The minimum atomic E-state index is 0.111. The predicted molar refractivity (Wildman–Crippen MR) is 115 cm³/mol. The number of anilines is 1. The maximum atomic E-state index is 6.58. The van der Waals surface area contributed by atoms with Gasteiger partial charge in [0.1, 0.15) is 11.6 Å². The zero-order valence-corrected chi connectivity index (χ0v) is 18.2. The van der Waals surface area contributed by atoms with Crippen molar-refractivity contribution < 1.29 is 4.74 Å². The van der Waals surface area contributed by atoms with Gasteiger partial charge in [-0.1, -0.05) is 39.3 Å². The predicted octanol–water partition coefficient (Wildman–Crippen LogP) is 6.31. The molecule has 0 saturated carbocycles. The van der Waals surface area contributed by atoms with Crippen LogP contribution in [-0.4, -0.2) is 22.1 Å². The fourth-order valence-electron chi connectivity index (χ4n) is 3.05. The molecule has 0 saturated heterocycles. The highest BCUT2D eigenvalue weighted by atomic mass is 35.5. The molecule has 1 heterocycles. The molecule has 2 rings (SSSR count). The lowest BCUT2D eigenvalue weighted by molar-refractivity contribution is 0.242. The molecule has 0 aliphatic heterocycles. The third-order valence-corrected chi connectivity index (χ3v) is 4.92. The van der Waals surface area contributed by atoms with Crippen LogP contribution in [0.15, 0.2) is 18.2 Å². The normalized spacial score (nSPS) is 11.3. The summed E-state index contributed by atoms with van der Waals surface area (Å²) in [6.07, 6.45) is 3.85. The average molecular weight is 390 g/mol.